The van der Waals surface area contributed by atoms with Crippen molar-refractivity contribution in [3.8, 4) is 0 Å². The summed E-state index contributed by atoms with van der Waals surface area (Å²) in [5.41, 5.74) is 0. The number of benzene rings is 1. The van der Waals surface area contributed by atoms with Crippen LogP contribution in [0.25, 0.3) is 0 Å². The fourth-order valence-corrected chi connectivity index (χ4v) is 5.43. The number of ether oxygens (including phenoxy) is 6. The molecule has 0 spiro atoms. The number of esters is 5. The number of hydrogen-bond donors (Lipinski definition) is 1. The van der Waals surface area contributed by atoms with E-state index in [9.17, 15) is 28.8 Å². The molecule has 13 nitrogen and oxygen atoms in total. The van der Waals surface area contributed by atoms with Crippen molar-refractivity contribution in [1.29, 1.82) is 0 Å². The first-order valence-corrected chi connectivity index (χ1v) is 13.0. The predicted molar refractivity (Wildman–Crippen MR) is 137 cm³/mol. The summed E-state index contributed by atoms with van der Waals surface area (Å²) in [5, 5.41) is 2.63. The molecule has 6 atom stereocenters. The third-order valence-corrected chi connectivity index (χ3v) is 6.79. The molecule has 1 saturated heterocycles. The van der Waals surface area contributed by atoms with Crippen LogP contribution in [0.3, 0.4) is 0 Å². The van der Waals surface area contributed by atoms with Crippen LogP contribution in [0.1, 0.15) is 41.0 Å². The number of thioether (sulfide) groups is 1. The lowest BCUT2D eigenvalue weighted by atomic mass is 9.89. The van der Waals surface area contributed by atoms with Crippen molar-refractivity contribution in [3.63, 3.8) is 0 Å². The van der Waals surface area contributed by atoms with Gasteiger partial charge in [0, 0.05) is 45.9 Å². The molecule has 40 heavy (non-hydrogen) atoms. The number of carbonyl (C=O) groups excluding carboxylic acids is 6. The molecule has 0 aromatic heterocycles. The van der Waals surface area contributed by atoms with Crippen molar-refractivity contribution in [1.82, 2.24) is 5.32 Å². The SMILES string of the molecule is COC(=O)[C@@]1(Sc2ccccc2)C[C@H](OC(C)=O)[C@@H](NC(C)=O)C([C@H](OC(C)=O)[C@@H](COC(C)=O)OC(C)=O)O1. The smallest absolute Gasteiger partial charge is 0.349 e. The van der Waals surface area contributed by atoms with Crippen molar-refractivity contribution >= 4 is 47.5 Å². The molecular weight excluding hydrogens is 550 g/mol. The molecular formula is C26H33NO12S. The summed E-state index contributed by atoms with van der Waals surface area (Å²) in [4.78, 5) is 72.3. The van der Waals surface area contributed by atoms with Gasteiger partial charge in [0.15, 0.2) is 12.2 Å². The fourth-order valence-electron chi connectivity index (χ4n) is 4.18. The van der Waals surface area contributed by atoms with E-state index in [0.717, 1.165) is 46.6 Å². The number of carbonyl (C=O) groups is 6. The standard InChI is InChI=1S/C26H33NO12S/c1-14(28)27-22-20(36-16(3)30)12-26(25(33)34-6,40-19-10-8-7-9-11-19)39-24(22)23(38-18(5)32)21(37-17(4)31)13-35-15(2)29/h7-11,20-24H,12-13H2,1-6H3,(H,27,28)/t20-,21+,22+,23+,24?,26-/m0/s1. The highest BCUT2D eigenvalue weighted by atomic mass is 32.2. The molecule has 0 aliphatic carbocycles. The Morgan fingerprint density at radius 2 is 1.57 bits per heavy atom. The van der Waals surface area contributed by atoms with E-state index in [1.165, 1.54) is 6.92 Å². The summed E-state index contributed by atoms with van der Waals surface area (Å²) < 4.78 is 32.9. The van der Waals surface area contributed by atoms with Gasteiger partial charge in [-0.3, -0.25) is 24.0 Å². The molecule has 14 heteroatoms. The average Bonchev–Trinajstić information content (AvgIpc) is 2.85. The van der Waals surface area contributed by atoms with Crippen LogP contribution in [-0.4, -0.2) is 84.9 Å². The summed E-state index contributed by atoms with van der Waals surface area (Å²) in [6, 6.07) is 7.43. The summed E-state index contributed by atoms with van der Waals surface area (Å²) in [6.07, 6.45) is -5.98. The van der Waals surface area contributed by atoms with Gasteiger partial charge in [-0.1, -0.05) is 30.0 Å². The molecule has 2 rings (SSSR count). The Balaban J connectivity index is 2.76. The number of methoxy groups -OCH3 is 1. The van der Waals surface area contributed by atoms with Gasteiger partial charge in [0.25, 0.3) is 0 Å². The van der Waals surface area contributed by atoms with Gasteiger partial charge in [-0.15, -0.1) is 0 Å². The largest absolute Gasteiger partial charge is 0.466 e. The van der Waals surface area contributed by atoms with Gasteiger partial charge in [-0.25, -0.2) is 4.79 Å². The average molecular weight is 584 g/mol. The lowest BCUT2D eigenvalue weighted by Crippen LogP contribution is -2.68. The monoisotopic (exact) mass is 583 g/mol. The minimum atomic E-state index is -1.89. The highest BCUT2D eigenvalue weighted by molar-refractivity contribution is 8.01. The predicted octanol–water partition coefficient (Wildman–Crippen LogP) is 1.30. The first-order chi connectivity index (χ1) is 18.8. The van der Waals surface area contributed by atoms with E-state index in [1.807, 2.05) is 0 Å². The van der Waals surface area contributed by atoms with Gasteiger partial charge in [-0.05, 0) is 12.1 Å². The Kier molecular flexibility index (Phi) is 11.9. The van der Waals surface area contributed by atoms with Gasteiger partial charge in [-0.2, -0.15) is 0 Å². The van der Waals surface area contributed by atoms with Crippen molar-refractivity contribution < 1.29 is 57.2 Å². The number of hydrogen-bond acceptors (Lipinski definition) is 13. The maximum atomic E-state index is 13.3. The molecule has 0 saturated carbocycles. The van der Waals surface area contributed by atoms with Crippen LogP contribution in [0.5, 0.6) is 0 Å². The number of nitrogens with one attached hydrogen (secondary N) is 1. The highest BCUT2D eigenvalue weighted by Gasteiger charge is 2.58. The molecule has 1 unspecified atom stereocenters. The maximum Gasteiger partial charge on any atom is 0.349 e. The molecule has 1 heterocycles. The van der Waals surface area contributed by atoms with Crippen LogP contribution < -0.4 is 5.32 Å². The van der Waals surface area contributed by atoms with Crippen molar-refractivity contribution in [2.45, 2.75) is 81.3 Å². The molecule has 1 fully saturated rings. The first-order valence-electron chi connectivity index (χ1n) is 12.2. The minimum absolute atomic E-state index is 0.283. The van der Waals surface area contributed by atoms with E-state index in [2.05, 4.69) is 5.32 Å². The molecule has 1 aliphatic heterocycles. The third-order valence-electron chi connectivity index (χ3n) is 5.52. The summed E-state index contributed by atoms with van der Waals surface area (Å²) in [6.45, 7) is 5.07. The van der Waals surface area contributed by atoms with Crippen molar-refractivity contribution in [2.24, 2.45) is 0 Å². The summed E-state index contributed by atoms with van der Waals surface area (Å²) in [5.74, 6) is -4.54. The van der Waals surface area contributed by atoms with Crippen LogP contribution in [-0.2, 0) is 57.2 Å². The van der Waals surface area contributed by atoms with E-state index in [4.69, 9.17) is 28.4 Å². The van der Waals surface area contributed by atoms with Gasteiger partial charge in [0.1, 0.15) is 18.8 Å². The number of amides is 1. The topological polar surface area (TPSA) is 170 Å². The third kappa shape index (κ3) is 9.23. The normalized spacial score (nSPS) is 23.5. The molecule has 1 aromatic rings. The fraction of sp³-hybridized carbons (Fsp3) is 0.538. The van der Waals surface area contributed by atoms with E-state index >= 15 is 0 Å². The van der Waals surface area contributed by atoms with Crippen molar-refractivity contribution in [2.75, 3.05) is 13.7 Å². The Morgan fingerprint density at radius 3 is 2.08 bits per heavy atom. The van der Waals surface area contributed by atoms with Crippen LogP contribution in [0.2, 0.25) is 0 Å². The summed E-state index contributed by atoms with van der Waals surface area (Å²) >= 11 is 0.946. The Morgan fingerprint density at radius 1 is 0.950 bits per heavy atom. The highest BCUT2D eigenvalue weighted by Crippen LogP contribution is 2.45. The van der Waals surface area contributed by atoms with Gasteiger partial charge < -0.3 is 33.7 Å². The van der Waals surface area contributed by atoms with Crippen molar-refractivity contribution in [3.05, 3.63) is 30.3 Å². The maximum absolute atomic E-state index is 13.3. The lowest BCUT2D eigenvalue weighted by Gasteiger charge is -2.48. The second kappa shape index (κ2) is 14.7. The quantitative estimate of drug-likeness (QED) is 0.292. The van der Waals surface area contributed by atoms with Crippen LogP contribution >= 0.6 is 11.8 Å². The second-order valence-electron chi connectivity index (χ2n) is 8.84. The van der Waals surface area contributed by atoms with E-state index in [1.54, 1.807) is 30.3 Å². The minimum Gasteiger partial charge on any atom is -0.466 e. The zero-order valence-corrected chi connectivity index (χ0v) is 23.8. The Hall–Kier alpha value is -3.65. The second-order valence-corrected chi connectivity index (χ2v) is 10.2. The molecule has 1 amide bonds. The van der Waals surface area contributed by atoms with E-state index in [-0.39, 0.29) is 6.42 Å². The number of rotatable bonds is 11. The van der Waals surface area contributed by atoms with Gasteiger partial charge in [0.2, 0.25) is 10.8 Å². The van der Waals surface area contributed by atoms with Crippen LogP contribution in [0.15, 0.2) is 35.2 Å². The Labute approximate surface area is 235 Å². The molecule has 220 valence electrons. The zero-order valence-electron chi connectivity index (χ0n) is 23.0. The zero-order chi connectivity index (χ0) is 30.0. The van der Waals surface area contributed by atoms with E-state index in [0.29, 0.717) is 4.90 Å². The molecule has 1 aromatic carbocycles. The molecule has 1 aliphatic rings. The Bertz CT molecular complexity index is 1100. The van der Waals surface area contributed by atoms with Crippen LogP contribution in [0, 0.1) is 0 Å². The molecule has 1 N–H and O–H groups in total. The molecule has 0 radical (unpaired) electrons. The van der Waals surface area contributed by atoms with E-state index < -0.39 is 77.8 Å². The molecule has 0 bridgehead atoms. The summed E-state index contributed by atoms with van der Waals surface area (Å²) in [7, 11) is 1.14. The van der Waals surface area contributed by atoms with Gasteiger partial charge in [0.05, 0.1) is 13.2 Å². The van der Waals surface area contributed by atoms with Crippen LogP contribution in [0.4, 0.5) is 0 Å². The lowest BCUT2D eigenvalue weighted by molar-refractivity contribution is -0.224. The first kappa shape index (κ1) is 32.6. The van der Waals surface area contributed by atoms with Gasteiger partial charge >= 0.3 is 29.8 Å².